The number of hydrogen-bond acceptors (Lipinski definition) is 6. The summed E-state index contributed by atoms with van der Waals surface area (Å²) in [5, 5.41) is 6.58. The lowest BCUT2D eigenvalue weighted by atomic mass is 10.0. The number of piperidine rings is 1. The Morgan fingerprint density at radius 2 is 1.77 bits per heavy atom. The number of aromatic amines is 1. The highest BCUT2D eigenvalue weighted by Gasteiger charge is 2.20. The second-order valence-corrected chi connectivity index (χ2v) is 9.52. The summed E-state index contributed by atoms with van der Waals surface area (Å²) in [4.78, 5) is 19.4. The summed E-state index contributed by atoms with van der Waals surface area (Å²) < 4.78 is 8.29. The van der Waals surface area contributed by atoms with Crippen molar-refractivity contribution < 1.29 is 4.74 Å². The van der Waals surface area contributed by atoms with Gasteiger partial charge in [0, 0.05) is 60.3 Å². The van der Waals surface area contributed by atoms with Crippen molar-refractivity contribution in [2.75, 3.05) is 20.1 Å². The number of pyridine rings is 1. The van der Waals surface area contributed by atoms with E-state index in [1.54, 1.807) is 6.33 Å². The molecule has 6 rings (SSSR count). The van der Waals surface area contributed by atoms with Crippen molar-refractivity contribution in [1.82, 2.24) is 34.6 Å². The van der Waals surface area contributed by atoms with Gasteiger partial charge in [0.05, 0.1) is 16.6 Å². The van der Waals surface area contributed by atoms with E-state index in [9.17, 15) is 0 Å². The van der Waals surface area contributed by atoms with Crippen LogP contribution in [0.3, 0.4) is 0 Å². The number of ether oxygens (including phenoxy) is 1. The van der Waals surface area contributed by atoms with Crippen LogP contribution in [0.2, 0.25) is 0 Å². The Morgan fingerprint density at radius 1 is 0.971 bits per heavy atom. The molecule has 0 aliphatic carbocycles. The number of benzene rings is 1. The number of hydrogen-bond donors (Lipinski definition) is 1. The average Bonchev–Trinajstić information content (AvgIpc) is 3.39. The maximum atomic E-state index is 6.38. The van der Waals surface area contributed by atoms with Crippen LogP contribution in [-0.4, -0.2) is 60.9 Å². The molecule has 1 aromatic carbocycles. The fraction of sp³-hybridized carbons (Fsp3) is 0.333. The number of H-pyrrole nitrogens is 1. The van der Waals surface area contributed by atoms with Gasteiger partial charge in [0.25, 0.3) is 0 Å². The highest BCUT2D eigenvalue weighted by molar-refractivity contribution is 5.98. The van der Waals surface area contributed by atoms with Gasteiger partial charge >= 0.3 is 0 Å². The third kappa shape index (κ3) is 3.83. The normalized spacial score (nSPS) is 15.3. The van der Waals surface area contributed by atoms with Crippen LogP contribution < -0.4 is 4.74 Å². The van der Waals surface area contributed by atoms with Crippen LogP contribution in [0.5, 0.6) is 5.88 Å². The second kappa shape index (κ2) is 8.46. The highest BCUT2D eigenvalue weighted by atomic mass is 16.5. The van der Waals surface area contributed by atoms with Crippen LogP contribution in [0, 0.1) is 13.8 Å². The second-order valence-electron chi connectivity index (χ2n) is 9.52. The molecule has 4 aromatic heterocycles. The van der Waals surface area contributed by atoms with Gasteiger partial charge in [-0.1, -0.05) is 6.07 Å². The minimum absolute atomic E-state index is 0.179. The van der Waals surface area contributed by atoms with E-state index >= 15 is 0 Å². The van der Waals surface area contributed by atoms with E-state index in [0.29, 0.717) is 5.88 Å². The summed E-state index contributed by atoms with van der Waals surface area (Å²) in [5.74, 6) is 0.659. The van der Waals surface area contributed by atoms with Gasteiger partial charge in [0.1, 0.15) is 18.1 Å². The quantitative estimate of drug-likeness (QED) is 0.414. The van der Waals surface area contributed by atoms with Gasteiger partial charge in [0.15, 0.2) is 0 Å². The van der Waals surface area contributed by atoms with Crippen molar-refractivity contribution in [1.29, 1.82) is 0 Å². The van der Waals surface area contributed by atoms with Gasteiger partial charge in [-0.2, -0.15) is 5.10 Å². The fourth-order valence-electron chi connectivity index (χ4n) is 5.13. The Morgan fingerprint density at radius 3 is 2.54 bits per heavy atom. The van der Waals surface area contributed by atoms with Crippen LogP contribution >= 0.6 is 0 Å². The van der Waals surface area contributed by atoms with E-state index < -0.39 is 0 Å². The number of nitrogens with one attached hydrogen (secondary N) is 1. The van der Waals surface area contributed by atoms with E-state index in [0.717, 1.165) is 81.5 Å². The van der Waals surface area contributed by atoms with Crippen molar-refractivity contribution >= 4 is 21.9 Å². The molecular weight excluding hydrogens is 438 g/mol. The summed E-state index contributed by atoms with van der Waals surface area (Å²) in [6, 6.07) is 8.48. The third-order valence-corrected chi connectivity index (χ3v) is 7.18. The Bertz CT molecular complexity index is 1540. The molecule has 0 amide bonds. The van der Waals surface area contributed by atoms with Crippen molar-refractivity contribution in [3.8, 4) is 28.1 Å². The Labute approximate surface area is 204 Å². The first-order chi connectivity index (χ1) is 17.0. The number of nitrogens with zero attached hydrogens (tertiary/aromatic N) is 6. The van der Waals surface area contributed by atoms with Gasteiger partial charge in [-0.25, -0.2) is 15.0 Å². The van der Waals surface area contributed by atoms with E-state index in [2.05, 4.69) is 57.1 Å². The van der Waals surface area contributed by atoms with Crippen molar-refractivity contribution in [3.63, 3.8) is 0 Å². The summed E-state index contributed by atoms with van der Waals surface area (Å²) in [7, 11) is 4.13. The number of aromatic nitrogens is 6. The molecule has 1 saturated heterocycles. The molecule has 35 heavy (non-hydrogen) atoms. The molecule has 0 spiro atoms. The summed E-state index contributed by atoms with van der Waals surface area (Å²) >= 11 is 0. The molecule has 5 aromatic rings. The minimum atomic E-state index is 0.179. The monoisotopic (exact) mass is 467 g/mol. The standard InChI is InChI=1S/C27H29N7O/c1-16-25(17(2)34(4)32-16)19-12-21-23(14-29-26(21)28-13-19)18-5-6-24-22(11-18)27(31-15-30-24)35-20-7-9-33(3)10-8-20/h5-6,11-15,20H,7-10H2,1-4H3,(H,28,29). The Kier molecular flexibility index (Phi) is 5.25. The molecule has 0 radical (unpaired) electrons. The average molecular weight is 468 g/mol. The molecule has 1 aliphatic rings. The number of aryl methyl sites for hydroxylation is 2. The molecule has 8 heteroatoms. The maximum absolute atomic E-state index is 6.38. The van der Waals surface area contributed by atoms with Crippen molar-refractivity contribution in [2.24, 2.45) is 7.05 Å². The molecule has 0 bridgehead atoms. The molecule has 0 atom stereocenters. The van der Waals surface area contributed by atoms with E-state index in [1.165, 1.54) is 0 Å². The van der Waals surface area contributed by atoms with Crippen LogP contribution in [0.25, 0.3) is 44.2 Å². The number of likely N-dealkylation sites (tertiary alicyclic amines) is 1. The first kappa shape index (κ1) is 21.7. The van der Waals surface area contributed by atoms with Gasteiger partial charge in [-0.15, -0.1) is 0 Å². The topological polar surface area (TPSA) is 84.8 Å². The van der Waals surface area contributed by atoms with Crippen LogP contribution in [-0.2, 0) is 7.05 Å². The molecule has 1 aliphatic heterocycles. The van der Waals surface area contributed by atoms with Gasteiger partial charge < -0.3 is 14.6 Å². The summed E-state index contributed by atoms with van der Waals surface area (Å²) in [5.41, 5.74) is 8.23. The SMILES string of the molecule is Cc1nn(C)c(C)c1-c1cnc2[nH]cc(-c3ccc4ncnc(OC5CCN(C)CC5)c4c3)c2c1. The number of fused-ring (bicyclic) bond motifs is 2. The molecule has 178 valence electrons. The molecule has 0 unspecified atom stereocenters. The van der Waals surface area contributed by atoms with E-state index in [-0.39, 0.29) is 6.10 Å². The third-order valence-electron chi connectivity index (χ3n) is 7.18. The zero-order valence-electron chi connectivity index (χ0n) is 20.5. The highest BCUT2D eigenvalue weighted by Crippen LogP contribution is 2.35. The van der Waals surface area contributed by atoms with Crippen molar-refractivity contribution in [2.45, 2.75) is 32.8 Å². The molecule has 5 heterocycles. The lowest BCUT2D eigenvalue weighted by Crippen LogP contribution is -2.35. The predicted octanol–water partition coefficient (Wildman–Crippen LogP) is 4.66. The zero-order valence-corrected chi connectivity index (χ0v) is 20.5. The van der Waals surface area contributed by atoms with Crippen LogP contribution in [0.4, 0.5) is 0 Å². The Balaban J connectivity index is 1.42. The van der Waals surface area contributed by atoms with E-state index in [1.807, 2.05) is 37.1 Å². The molecular formula is C27H29N7O. The lowest BCUT2D eigenvalue weighted by molar-refractivity contribution is 0.111. The molecule has 0 saturated carbocycles. The minimum Gasteiger partial charge on any atom is -0.474 e. The molecule has 1 fully saturated rings. The smallest absolute Gasteiger partial charge is 0.224 e. The van der Waals surface area contributed by atoms with Crippen LogP contribution in [0.1, 0.15) is 24.2 Å². The Hall–Kier alpha value is -3.78. The summed E-state index contributed by atoms with van der Waals surface area (Å²) in [6.45, 7) is 6.21. The van der Waals surface area contributed by atoms with E-state index in [4.69, 9.17) is 9.72 Å². The van der Waals surface area contributed by atoms with Gasteiger partial charge in [0.2, 0.25) is 5.88 Å². The van der Waals surface area contributed by atoms with Gasteiger partial charge in [-0.3, -0.25) is 4.68 Å². The number of rotatable bonds is 4. The predicted molar refractivity (Wildman–Crippen MR) is 137 cm³/mol. The fourth-order valence-corrected chi connectivity index (χ4v) is 5.13. The maximum Gasteiger partial charge on any atom is 0.224 e. The molecule has 8 nitrogen and oxygen atoms in total. The van der Waals surface area contributed by atoms with Gasteiger partial charge in [-0.05, 0) is 57.5 Å². The zero-order chi connectivity index (χ0) is 24.1. The summed E-state index contributed by atoms with van der Waals surface area (Å²) in [6.07, 6.45) is 7.72. The largest absolute Gasteiger partial charge is 0.474 e. The lowest BCUT2D eigenvalue weighted by Gasteiger charge is -2.29. The van der Waals surface area contributed by atoms with Crippen molar-refractivity contribution in [3.05, 3.63) is 54.4 Å². The first-order valence-corrected chi connectivity index (χ1v) is 12.1. The molecule has 1 N–H and O–H groups in total. The van der Waals surface area contributed by atoms with Crippen LogP contribution in [0.15, 0.2) is 43.0 Å². The first-order valence-electron chi connectivity index (χ1n) is 12.1.